The molecule has 0 aliphatic heterocycles. The molecular weight excluding hydrogens is 218 g/mol. The van der Waals surface area contributed by atoms with E-state index in [1.54, 1.807) is 0 Å². The molecule has 2 heterocycles. The molecule has 0 bridgehead atoms. The Bertz CT molecular complexity index is 458. The van der Waals surface area contributed by atoms with Gasteiger partial charge in [0, 0.05) is 6.07 Å². The molecule has 2 aromatic heterocycles. The monoisotopic (exact) mass is 225 g/mol. The van der Waals surface area contributed by atoms with Crippen molar-refractivity contribution >= 4 is 17.4 Å². The second-order valence-corrected chi connectivity index (χ2v) is 3.23. The van der Waals surface area contributed by atoms with Crippen LogP contribution in [0, 0.1) is 6.92 Å². The molecule has 0 spiro atoms. The molecule has 1 N–H and O–H groups in total. The van der Waals surface area contributed by atoms with Gasteiger partial charge in [-0.1, -0.05) is 5.16 Å². The van der Waals surface area contributed by atoms with Crippen molar-refractivity contribution < 1.29 is 4.52 Å². The van der Waals surface area contributed by atoms with Crippen molar-refractivity contribution in [2.75, 3.05) is 5.32 Å². The molecule has 78 valence electrons. The molecule has 2 rings (SSSR count). The lowest BCUT2D eigenvalue weighted by Gasteiger charge is -2.00. The number of aryl methyl sites for hydroxylation is 1. The van der Waals surface area contributed by atoms with Gasteiger partial charge in [-0.25, -0.2) is 0 Å². The molecule has 0 saturated carbocycles. The highest BCUT2D eigenvalue weighted by molar-refractivity contribution is 6.28. The van der Waals surface area contributed by atoms with E-state index in [1.807, 2.05) is 13.0 Å². The van der Waals surface area contributed by atoms with Crippen LogP contribution in [0.25, 0.3) is 0 Å². The lowest BCUT2D eigenvalue weighted by Crippen LogP contribution is -2.02. The van der Waals surface area contributed by atoms with Crippen LogP contribution in [0.4, 0.5) is 5.82 Å². The summed E-state index contributed by atoms with van der Waals surface area (Å²) in [6.07, 6.45) is 1.48. The molecule has 7 heteroatoms. The minimum Gasteiger partial charge on any atom is -0.363 e. The van der Waals surface area contributed by atoms with Crippen LogP contribution in [0.1, 0.15) is 11.5 Å². The van der Waals surface area contributed by atoms with Gasteiger partial charge >= 0.3 is 0 Å². The fraction of sp³-hybridized carbons (Fsp3) is 0.250. The summed E-state index contributed by atoms with van der Waals surface area (Å²) in [4.78, 5) is 3.92. The first-order valence-corrected chi connectivity index (χ1v) is 4.63. The highest BCUT2D eigenvalue weighted by Crippen LogP contribution is 2.07. The van der Waals surface area contributed by atoms with Gasteiger partial charge in [0.2, 0.25) is 5.28 Å². The molecule has 2 aromatic rings. The van der Waals surface area contributed by atoms with Gasteiger partial charge < -0.3 is 9.84 Å². The van der Waals surface area contributed by atoms with Crippen molar-refractivity contribution in [2.24, 2.45) is 0 Å². The maximum atomic E-state index is 5.57. The van der Waals surface area contributed by atoms with E-state index in [0.29, 0.717) is 12.4 Å². The maximum absolute atomic E-state index is 5.57. The summed E-state index contributed by atoms with van der Waals surface area (Å²) >= 11 is 5.57. The number of hydrogen-bond donors (Lipinski definition) is 1. The van der Waals surface area contributed by atoms with Crippen LogP contribution >= 0.6 is 11.6 Å². The zero-order chi connectivity index (χ0) is 10.7. The van der Waals surface area contributed by atoms with Crippen molar-refractivity contribution in [3.05, 3.63) is 29.0 Å². The quantitative estimate of drug-likeness (QED) is 0.852. The maximum Gasteiger partial charge on any atom is 0.244 e. The lowest BCUT2D eigenvalue weighted by molar-refractivity contribution is 0.391. The van der Waals surface area contributed by atoms with Gasteiger partial charge in [0.05, 0.1) is 12.7 Å². The minimum atomic E-state index is 0.108. The SMILES string of the molecule is Cc1cc(CNc2cnnc(Cl)n2)no1. The van der Waals surface area contributed by atoms with Crippen LogP contribution in [-0.4, -0.2) is 20.3 Å². The molecule has 6 nitrogen and oxygen atoms in total. The number of halogens is 1. The first-order chi connectivity index (χ1) is 7.24. The number of nitrogens with one attached hydrogen (secondary N) is 1. The standard InChI is InChI=1S/C8H8ClN5O/c1-5-2-6(14-15-5)3-10-7-4-11-13-8(9)12-7/h2,4H,3H2,1H3,(H,10,12,13). The van der Waals surface area contributed by atoms with E-state index < -0.39 is 0 Å². The van der Waals surface area contributed by atoms with E-state index in [1.165, 1.54) is 6.20 Å². The van der Waals surface area contributed by atoms with Gasteiger partial charge in [-0.3, -0.25) is 0 Å². The van der Waals surface area contributed by atoms with Gasteiger partial charge in [0.1, 0.15) is 17.3 Å². The summed E-state index contributed by atoms with van der Waals surface area (Å²) < 4.78 is 4.91. The average Bonchev–Trinajstić information content (AvgIpc) is 2.62. The topological polar surface area (TPSA) is 76.7 Å². The number of hydrogen-bond acceptors (Lipinski definition) is 6. The van der Waals surface area contributed by atoms with Gasteiger partial charge in [-0.05, 0) is 18.5 Å². The van der Waals surface area contributed by atoms with Crippen molar-refractivity contribution in [2.45, 2.75) is 13.5 Å². The Morgan fingerprint density at radius 3 is 3.07 bits per heavy atom. The predicted octanol–water partition coefficient (Wildman–Crippen LogP) is 1.43. The zero-order valence-electron chi connectivity index (χ0n) is 7.94. The van der Waals surface area contributed by atoms with E-state index in [2.05, 4.69) is 25.7 Å². The second kappa shape index (κ2) is 4.22. The van der Waals surface area contributed by atoms with Crippen LogP contribution in [0.5, 0.6) is 0 Å². The third kappa shape index (κ3) is 2.63. The van der Waals surface area contributed by atoms with Crippen molar-refractivity contribution in [1.29, 1.82) is 0 Å². The first kappa shape index (κ1) is 9.85. The van der Waals surface area contributed by atoms with E-state index >= 15 is 0 Å². The smallest absolute Gasteiger partial charge is 0.244 e. The molecular formula is C8H8ClN5O. The van der Waals surface area contributed by atoms with E-state index in [-0.39, 0.29) is 5.28 Å². The summed E-state index contributed by atoms with van der Waals surface area (Å²) in [6.45, 7) is 2.34. The van der Waals surface area contributed by atoms with Crippen LogP contribution in [-0.2, 0) is 6.54 Å². The molecule has 0 aromatic carbocycles. The van der Waals surface area contributed by atoms with Crippen molar-refractivity contribution in [3.8, 4) is 0 Å². The Morgan fingerprint density at radius 2 is 2.40 bits per heavy atom. The Labute approximate surface area is 90.7 Å². The number of rotatable bonds is 3. The molecule has 0 radical (unpaired) electrons. The van der Waals surface area contributed by atoms with Crippen LogP contribution in [0.2, 0.25) is 5.28 Å². The van der Waals surface area contributed by atoms with E-state index in [9.17, 15) is 0 Å². The number of anilines is 1. The largest absolute Gasteiger partial charge is 0.363 e. The third-order valence-electron chi connectivity index (χ3n) is 1.66. The molecule has 0 unspecified atom stereocenters. The fourth-order valence-electron chi connectivity index (χ4n) is 1.05. The summed E-state index contributed by atoms with van der Waals surface area (Å²) in [6, 6.07) is 1.84. The molecule has 0 amide bonds. The van der Waals surface area contributed by atoms with Crippen molar-refractivity contribution in [3.63, 3.8) is 0 Å². The van der Waals surface area contributed by atoms with Gasteiger partial charge in [-0.2, -0.15) is 10.1 Å². The van der Waals surface area contributed by atoms with Crippen LogP contribution < -0.4 is 5.32 Å². The first-order valence-electron chi connectivity index (χ1n) is 4.25. The van der Waals surface area contributed by atoms with Crippen LogP contribution in [0.3, 0.4) is 0 Å². The molecule has 0 aliphatic rings. The summed E-state index contributed by atoms with van der Waals surface area (Å²) in [7, 11) is 0. The van der Waals surface area contributed by atoms with Gasteiger partial charge in [0.15, 0.2) is 0 Å². The van der Waals surface area contributed by atoms with E-state index in [4.69, 9.17) is 16.1 Å². The third-order valence-corrected chi connectivity index (χ3v) is 1.82. The Hall–Kier alpha value is -1.69. The second-order valence-electron chi connectivity index (χ2n) is 2.89. The summed E-state index contributed by atoms with van der Waals surface area (Å²) in [5, 5.41) is 14.1. The summed E-state index contributed by atoms with van der Waals surface area (Å²) in [5.74, 6) is 1.32. The normalized spacial score (nSPS) is 10.3. The van der Waals surface area contributed by atoms with Crippen molar-refractivity contribution in [1.82, 2.24) is 20.3 Å². The molecule has 0 fully saturated rings. The Balaban J connectivity index is 1.99. The zero-order valence-corrected chi connectivity index (χ0v) is 8.69. The molecule has 0 aliphatic carbocycles. The van der Waals surface area contributed by atoms with Gasteiger partial charge in [0.25, 0.3) is 0 Å². The van der Waals surface area contributed by atoms with Gasteiger partial charge in [-0.15, -0.1) is 5.10 Å². The highest BCUT2D eigenvalue weighted by atomic mass is 35.5. The molecule has 0 atom stereocenters. The number of nitrogens with zero attached hydrogens (tertiary/aromatic N) is 4. The minimum absolute atomic E-state index is 0.108. The molecule has 15 heavy (non-hydrogen) atoms. The van der Waals surface area contributed by atoms with Crippen LogP contribution in [0.15, 0.2) is 16.8 Å². The lowest BCUT2D eigenvalue weighted by atomic mass is 10.4. The Kier molecular flexibility index (Phi) is 2.77. The summed E-state index contributed by atoms with van der Waals surface area (Å²) in [5.41, 5.74) is 0.794. The number of aromatic nitrogens is 4. The fourth-order valence-corrected chi connectivity index (χ4v) is 1.18. The average molecular weight is 226 g/mol. The highest BCUT2D eigenvalue weighted by Gasteiger charge is 2.01. The Morgan fingerprint density at radius 1 is 1.53 bits per heavy atom. The predicted molar refractivity (Wildman–Crippen MR) is 53.4 cm³/mol. The molecule has 0 saturated heterocycles. The van der Waals surface area contributed by atoms with E-state index in [0.717, 1.165) is 11.5 Å².